The summed E-state index contributed by atoms with van der Waals surface area (Å²) in [6.45, 7) is 2.67. The van der Waals surface area contributed by atoms with Crippen molar-refractivity contribution in [2.75, 3.05) is 0 Å². The van der Waals surface area contributed by atoms with Gasteiger partial charge in [0.1, 0.15) is 12.1 Å². The topological polar surface area (TPSA) is 69.5 Å². The molecule has 1 amide bonds. The summed E-state index contributed by atoms with van der Waals surface area (Å²) in [5.74, 6) is -0.0330. The number of rotatable bonds is 5. The number of benzene rings is 1. The van der Waals surface area contributed by atoms with Crippen molar-refractivity contribution in [3.8, 4) is 6.07 Å². The molecule has 3 N–H and O–H groups in total. The van der Waals surface area contributed by atoms with Crippen molar-refractivity contribution < 1.29 is 10.1 Å². The molecule has 0 spiro atoms. The zero-order valence-corrected chi connectivity index (χ0v) is 12.6. The zero-order valence-electron chi connectivity index (χ0n) is 12.6. The summed E-state index contributed by atoms with van der Waals surface area (Å²) >= 11 is 0. The van der Waals surface area contributed by atoms with Crippen molar-refractivity contribution in [2.24, 2.45) is 0 Å². The largest absolute Gasteiger partial charge is 0.333 e. The van der Waals surface area contributed by atoms with Gasteiger partial charge in [0.05, 0.1) is 6.07 Å². The van der Waals surface area contributed by atoms with E-state index in [1.807, 2.05) is 30.4 Å². The van der Waals surface area contributed by atoms with Crippen molar-refractivity contribution in [1.29, 1.82) is 5.26 Å². The molecule has 0 unspecified atom stereocenters. The summed E-state index contributed by atoms with van der Waals surface area (Å²) in [6, 6.07) is 12.2. The molecule has 4 nitrogen and oxygen atoms in total. The van der Waals surface area contributed by atoms with Crippen LogP contribution in [0.3, 0.4) is 0 Å². The molecule has 112 valence electrons. The molecule has 0 saturated heterocycles. The third-order valence-electron chi connectivity index (χ3n) is 4.25. The number of quaternary nitrogens is 1. The third kappa shape index (κ3) is 4.30. The highest BCUT2D eigenvalue weighted by Gasteiger charge is 2.35. The fraction of sp³-hybridized carbons (Fsp3) is 0.529. The van der Waals surface area contributed by atoms with Crippen molar-refractivity contribution >= 4 is 5.91 Å². The minimum absolute atomic E-state index is 0.0330. The average molecular weight is 286 g/mol. The Balaban J connectivity index is 1.86. The summed E-state index contributed by atoms with van der Waals surface area (Å²) in [7, 11) is 0. The molecule has 0 radical (unpaired) electrons. The van der Waals surface area contributed by atoms with E-state index in [1.165, 1.54) is 5.56 Å². The number of carbonyl (C=O) groups is 1. The van der Waals surface area contributed by atoms with Gasteiger partial charge in [-0.15, -0.1) is 0 Å². The fourth-order valence-corrected chi connectivity index (χ4v) is 2.80. The van der Waals surface area contributed by atoms with Gasteiger partial charge in [-0.25, -0.2) is 0 Å². The van der Waals surface area contributed by atoms with Gasteiger partial charge < -0.3 is 10.6 Å². The Morgan fingerprint density at radius 1 is 1.33 bits per heavy atom. The van der Waals surface area contributed by atoms with Crippen molar-refractivity contribution in [3.05, 3.63) is 35.9 Å². The van der Waals surface area contributed by atoms with Crippen LogP contribution in [0.1, 0.15) is 44.6 Å². The lowest BCUT2D eigenvalue weighted by atomic mass is 9.82. The molecule has 4 heteroatoms. The van der Waals surface area contributed by atoms with Gasteiger partial charge in [0.25, 0.3) is 5.91 Å². The van der Waals surface area contributed by atoms with Crippen molar-refractivity contribution in [1.82, 2.24) is 5.32 Å². The molecule has 1 aromatic carbocycles. The van der Waals surface area contributed by atoms with E-state index in [2.05, 4.69) is 23.5 Å². The van der Waals surface area contributed by atoms with E-state index in [1.54, 1.807) is 0 Å². The predicted octanol–water partition coefficient (Wildman–Crippen LogP) is 1.48. The summed E-state index contributed by atoms with van der Waals surface area (Å²) in [4.78, 5) is 12.3. The molecule has 1 aliphatic carbocycles. The molecule has 1 atom stereocenters. The highest BCUT2D eigenvalue weighted by Crippen LogP contribution is 2.27. The van der Waals surface area contributed by atoms with Crippen LogP contribution >= 0.6 is 0 Å². The Hall–Kier alpha value is -1.86. The number of nitrogens with zero attached hydrogens (tertiary/aromatic N) is 1. The van der Waals surface area contributed by atoms with E-state index >= 15 is 0 Å². The fourth-order valence-electron chi connectivity index (χ4n) is 2.80. The Kier molecular flexibility index (Phi) is 5.35. The normalized spacial score (nSPS) is 18.5. The summed E-state index contributed by atoms with van der Waals surface area (Å²) in [5.41, 5.74) is 0.564. The van der Waals surface area contributed by atoms with Crippen LogP contribution < -0.4 is 10.6 Å². The van der Waals surface area contributed by atoms with Gasteiger partial charge in [-0.3, -0.25) is 4.79 Å². The Bertz CT molecular complexity index is 501. The third-order valence-corrected chi connectivity index (χ3v) is 4.25. The number of nitriles is 1. The summed E-state index contributed by atoms with van der Waals surface area (Å²) in [5, 5.41) is 14.4. The van der Waals surface area contributed by atoms with Gasteiger partial charge >= 0.3 is 0 Å². The molecule has 21 heavy (non-hydrogen) atoms. The number of hydrogen-bond acceptors (Lipinski definition) is 2. The Morgan fingerprint density at radius 2 is 2.00 bits per heavy atom. The summed E-state index contributed by atoms with van der Waals surface area (Å²) < 4.78 is 0. The van der Waals surface area contributed by atoms with Gasteiger partial charge in [0.2, 0.25) is 0 Å². The minimum atomic E-state index is -0.635. The van der Waals surface area contributed by atoms with Crippen LogP contribution in [-0.2, 0) is 11.3 Å². The number of nitrogens with two attached hydrogens (primary N) is 1. The maximum absolute atomic E-state index is 12.3. The number of hydrogen-bond donors (Lipinski definition) is 2. The van der Waals surface area contributed by atoms with E-state index in [4.69, 9.17) is 0 Å². The molecule has 0 aliphatic heterocycles. The maximum atomic E-state index is 12.3. The monoisotopic (exact) mass is 286 g/mol. The second-order valence-electron chi connectivity index (χ2n) is 5.96. The minimum Gasteiger partial charge on any atom is -0.333 e. The lowest BCUT2D eigenvalue weighted by Gasteiger charge is -2.32. The highest BCUT2D eigenvalue weighted by atomic mass is 16.2. The predicted molar refractivity (Wildman–Crippen MR) is 81.1 cm³/mol. The molecule has 0 aromatic heterocycles. The van der Waals surface area contributed by atoms with Gasteiger partial charge in [0.15, 0.2) is 6.04 Å². The second-order valence-corrected chi connectivity index (χ2v) is 5.96. The first-order valence-electron chi connectivity index (χ1n) is 7.76. The average Bonchev–Trinajstić information content (AvgIpc) is 2.54. The van der Waals surface area contributed by atoms with Crippen molar-refractivity contribution in [3.63, 3.8) is 0 Å². The van der Waals surface area contributed by atoms with E-state index in [0.717, 1.165) is 38.6 Å². The highest BCUT2D eigenvalue weighted by molar-refractivity contribution is 5.81. The second kappa shape index (κ2) is 7.24. The van der Waals surface area contributed by atoms with Crippen LogP contribution in [-0.4, -0.2) is 17.5 Å². The van der Waals surface area contributed by atoms with Gasteiger partial charge in [-0.2, -0.15) is 5.26 Å². The quantitative estimate of drug-likeness (QED) is 0.861. The smallest absolute Gasteiger partial charge is 0.279 e. The van der Waals surface area contributed by atoms with E-state index < -0.39 is 5.54 Å². The molecular formula is C17H24N3O+. The lowest BCUT2D eigenvalue weighted by Crippen LogP contribution is -2.90. The van der Waals surface area contributed by atoms with E-state index in [9.17, 15) is 10.1 Å². The van der Waals surface area contributed by atoms with Crippen molar-refractivity contribution in [2.45, 2.75) is 57.2 Å². The van der Waals surface area contributed by atoms with Crippen LogP contribution in [0.4, 0.5) is 0 Å². The Morgan fingerprint density at radius 3 is 2.62 bits per heavy atom. The van der Waals surface area contributed by atoms with E-state index in [-0.39, 0.29) is 11.9 Å². The summed E-state index contributed by atoms with van der Waals surface area (Å²) in [6.07, 6.45) is 4.77. The van der Waals surface area contributed by atoms with Gasteiger partial charge in [0, 0.05) is 5.56 Å². The van der Waals surface area contributed by atoms with Crippen LogP contribution in [0.25, 0.3) is 0 Å². The maximum Gasteiger partial charge on any atom is 0.279 e. The van der Waals surface area contributed by atoms with Crippen LogP contribution in [0, 0.1) is 11.3 Å². The molecule has 1 aromatic rings. The van der Waals surface area contributed by atoms with E-state index in [0.29, 0.717) is 0 Å². The molecule has 1 fully saturated rings. The molecule has 0 heterocycles. The number of carbonyl (C=O) groups excluding carboxylic acids is 1. The standard InChI is InChI=1S/C17H23N3O/c1-14(19-12-15-8-4-2-5-9-15)16(21)20-17(13-18)10-6-3-7-11-17/h2,4-5,8-9,14,19H,3,6-7,10-12H2,1H3,(H,20,21)/p+1/t14-/m0/s1. The molecule has 1 saturated carbocycles. The van der Waals surface area contributed by atoms with Crippen LogP contribution in [0.2, 0.25) is 0 Å². The van der Waals surface area contributed by atoms with Crippen LogP contribution in [0.15, 0.2) is 30.3 Å². The molecule has 1 aliphatic rings. The van der Waals surface area contributed by atoms with Gasteiger partial charge in [-0.1, -0.05) is 49.6 Å². The first-order chi connectivity index (χ1) is 10.2. The lowest BCUT2D eigenvalue weighted by molar-refractivity contribution is -0.689. The Labute approximate surface area is 126 Å². The van der Waals surface area contributed by atoms with Gasteiger partial charge in [-0.05, 0) is 19.8 Å². The first-order valence-corrected chi connectivity index (χ1v) is 7.76. The molecular weight excluding hydrogens is 262 g/mol. The number of amides is 1. The van der Waals surface area contributed by atoms with Crippen LogP contribution in [0.5, 0.6) is 0 Å². The SMILES string of the molecule is C[C@H]([NH2+]Cc1ccccc1)C(=O)NC1(C#N)CCCCC1. The molecule has 2 rings (SSSR count). The zero-order chi connectivity index (χ0) is 15.1. The first kappa shape index (κ1) is 15.5. The molecule has 0 bridgehead atoms. The number of nitrogens with one attached hydrogen (secondary N) is 1.